The number of aromatic nitrogens is 1. The normalized spacial score (nSPS) is 12.0. The van der Waals surface area contributed by atoms with Crippen LogP contribution in [0.2, 0.25) is 0 Å². The molecule has 122 valence electrons. The van der Waals surface area contributed by atoms with Gasteiger partial charge in [0.25, 0.3) is 5.91 Å². The second-order valence-corrected chi connectivity index (χ2v) is 5.22. The Kier molecular flexibility index (Phi) is 7.31. The van der Waals surface area contributed by atoms with Crippen LogP contribution in [-0.2, 0) is 9.53 Å². The molecule has 7 heteroatoms. The lowest BCUT2D eigenvalue weighted by atomic mass is 10.0. The highest BCUT2D eigenvalue weighted by Gasteiger charge is 2.22. The number of nitrogens with one attached hydrogen (secondary N) is 1. The summed E-state index contributed by atoms with van der Waals surface area (Å²) in [6, 6.07) is 2.06. The van der Waals surface area contributed by atoms with Gasteiger partial charge >= 0.3 is 5.97 Å². The number of nitrogens with zero attached hydrogens (tertiary/aromatic N) is 1. The number of carboxylic acids is 1. The molecule has 0 spiro atoms. The van der Waals surface area contributed by atoms with E-state index in [9.17, 15) is 9.59 Å². The van der Waals surface area contributed by atoms with Crippen LogP contribution in [0.15, 0.2) is 18.3 Å². The van der Waals surface area contributed by atoms with E-state index in [0.29, 0.717) is 31.1 Å². The van der Waals surface area contributed by atoms with Crippen LogP contribution in [0.25, 0.3) is 0 Å². The summed E-state index contributed by atoms with van der Waals surface area (Å²) < 4.78 is 10.2. The number of carboxylic acid groups (broad SMARTS) is 1. The number of methoxy groups -OCH3 is 1. The lowest BCUT2D eigenvalue weighted by molar-refractivity contribution is -0.139. The first kappa shape index (κ1) is 17.9. The molecule has 1 aromatic rings. The largest absolute Gasteiger partial charge is 0.480 e. The highest BCUT2D eigenvalue weighted by atomic mass is 16.5. The van der Waals surface area contributed by atoms with Crippen LogP contribution in [-0.4, -0.2) is 48.3 Å². The van der Waals surface area contributed by atoms with Gasteiger partial charge in [-0.1, -0.05) is 13.8 Å². The average molecular weight is 310 g/mol. The molecule has 0 aliphatic carbocycles. The standard InChI is InChI=1S/C15H22N2O5/c1-10(2)8-12(15(19)20)17-14(18)11-4-5-16-13(9-11)22-7-6-21-3/h4-5,9-10,12H,6-8H2,1-3H3,(H,17,18)(H,19,20). The molecule has 7 nitrogen and oxygen atoms in total. The van der Waals surface area contributed by atoms with Crippen molar-refractivity contribution in [2.75, 3.05) is 20.3 Å². The number of carbonyl (C=O) groups excluding carboxylic acids is 1. The van der Waals surface area contributed by atoms with E-state index in [4.69, 9.17) is 14.6 Å². The van der Waals surface area contributed by atoms with Gasteiger partial charge in [-0.25, -0.2) is 9.78 Å². The van der Waals surface area contributed by atoms with E-state index in [0.717, 1.165) is 0 Å². The molecule has 0 bridgehead atoms. The lowest BCUT2D eigenvalue weighted by Crippen LogP contribution is -2.41. The number of hydrogen-bond acceptors (Lipinski definition) is 5. The maximum atomic E-state index is 12.1. The van der Waals surface area contributed by atoms with Gasteiger partial charge in [0.15, 0.2) is 0 Å². The first-order valence-corrected chi connectivity index (χ1v) is 7.05. The van der Waals surface area contributed by atoms with Gasteiger partial charge in [0.1, 0.15) is 12.6 Å². The summed E-state index contributed by atoms with van der Waals surface area (Å²) in [6.45, 7) is 4.53. The molecule has 1 rings (SSSR count). The zero-order valence-corrected chi connectivity index (χ0v) is 13.0. The number of hydrogen-bond donors (Lipinski definition) is 2. The fourth-order valence-corrected chi connectivity index (χ4v) is 1.79. The Labute approximate surface area is 129 Å². The van der Waals surface area contributed by atoms with Gasteiger partial charge in [0, 0.05) is 24.9 Å². The summed E-state index contributed by atoms with van der Waals surface area (Å²) >= 11 is 0. The highest BCUT2D eigenvalue weighted by Crippen LogP contribution is 2.11. The highest BCUT2D eigenvalue weighted by molar-refractivity contribution is 5.96. The molecular formula is C15H22N2O5. The Bertz CT molecular complexity index is 504. The average Bonchev–Trinajstić information content (AvgIpc) is 2.46. The van der Waals surface area contributed by atoms with Crippen molar-refractivity contribution in [3.63, 3.8) is 0 Å². The molecule has 0 radical (unpaired) electrons. The number of amides is 1. The van der Waals surface area contributed by atoms with E-state index in [1.807, 2.05) is 13.8 Å². The van der Waals surface area contributed by atoms with Crippen molar-refractivity contribution >= 4 is 11.9 Å². The van der Waals surface area contributed by atoms with E-state index < -0.39 is 17.9 Å². The van der Waals surface area contributed by atoms with E-state index in [1.54, 1.807) is 7.11 Å². The summed E-state index contributed by atoms with van der Waals surface area (Å²) in [7, 11) is 1.56. The zero-order chi connectivity index (χ0) is 16.5. The minimum atomic E-state index is -1.05. The minimum absolute atomic E-state index is 0.159. The number of pyridine rings is 1. The van der Waals surface area contributed by atoms with Crippen LogP contribution < -0.4 is 10.1 Å². The van der Waals surface area contributed by atoms with E-state index >= 15 is 0 Å². The monoisotopic (exact) mass is 310 g/mol. The smallest absolute Gasteiger partial charge is 0.326 e. The Hall–Kier alpha value is -2.15. The summed E-state index contributed by atoms with van der Waals surface area (Å²) in [5.74, 6) is -1.06. The first-order chi connectivity index (χ1) is 10.4. The summed E-state index contributed by atoms with van der Waals surface area (Å²) in [5, 5.41) is 11.7. The third-order valence-corrected chi connectivity index (χ3v) is 2.84. The second kappa shape index (κ2) is 8.99. The SMILES string of the molecule is COCCOc1cc(C(=O)NC(CC(C)C)C(=O)O)ccn1. The molecule has 0 saturated carbocycles. The second-order valence-electron chi connectivity index (χ2n) is 5.22. The number of carbonyl (C=O) groups is 2. The van der Waals surface area contributed by atoms with Crippen molar-refractivity contribution in [2.24, 2.45) is 5.92 Å². The maximum absolute atomic E-state index is 12.1. The van der Waals surface area contributed by atoms with Crippen molar-refractivity contribution in [3.05, 3.63) is 23.9 Å². The van der Waals surface area contributed by atoms with E-state index in [-0.39, 0.29) is 5.92 Å². The molecule has 1 atom stereocenters. The molecule has 0 aliphatic rings. The zero-order valence-electron chi connectivity index (χ0n) is 13.0. The number of aliphatic carboxylic acids is 1. The molecule has 0 aromatic carbocycles. The van der Waals surface area contributed by atoms with Crippen molar-refractivity contribution in [1.29, 1.82) is 0 Å². The van der Waals surface area contributed by atoms with Gasteiger partial charge in [0.05, 0.1) is 6.61 Å². The molecule has 1 unspecified atom stereocenters. The first-order valence-electron chi connectivity index (χ1n) is 7.05. The third-order valence-electron chi connectivity index (χ3n) is 2.84. The molecular weight excluding hydrogens is 288 g/mol. The van der Waals surface area contributed by atoms with Crippen LogP contribution in [0.1, 0.15) is 30.6 Å². The van der Waals surface area contributed by atoms with Crippen LogP contribution in [0.3, 0.4) is 0 Å². The molecule has 0 fully saturated rings. The van der Waals surface area contributed by atoms with Crippen LogP contribution in [0.4, 0.5) is 0 Å². The summed E-state index contributed by atoms with van der Waals surface area (Å²) in [6.07, 6.45) is 1.80. The Morgan fingerprint density at radius 2 is 2.09 bits per heavy atom. The molecule has 1 amide bonds. The predicted octanol–water partition coefficient (Wildman–Crippen LogP) is 1.34. The van der Waals surface area contributed by atoms with Crippen molar-refractivity contribution in [3.8, 4) is 5.88 Å². The minimum Gasteiger partial charge on any atom is -0.480 e. The van der Waals surface area contributed by atoms with Gasteiger partial charge in [-0.15, -0.1) is 0 Å². The summed E-state index contributed by atoms with van der Waals surface area (Å²) in [5.41, 5.74) is 0.303. The quantitative estimate of drug-likeness (QED) is 0.668. The predicted molar refractivity (Wildman–Crippen MR) is 80.0 cm³/mol. The van der Waals surface area contributed by atoms with Crippen LogP contribution in [0, 0.1) is 5.92 Å². The Morgan fingerprint density at radius 1 is 1.36 bits per heavy atom. The fourth-order valence-electron chi connectivity index (χ4n) is 1.79. The third kappa shape index (κ3) is 6.09. The van der Waals surface area contributed by atoms with Crippen LogP contribution >= 0.6 is 0 Å². The maximum Gasteiger partial charge on any atom is 0.326 e. The van der Waals surface area contributed by atoms with Crippen molar-refractivity contribution in [1.82, 2.24) is 10.3 Å². The molecule has 22 heavy (non-hydrogen) atoms. The molecule has 2 N–H and O–H groups in total. The van der Waals surface area contributed by atoms with Gasteiger partial charge in [0.2, 0.25) is 5.88 Å². The van der Waals surface area contributed by atoms with Gasteiger partial charge in [-0.05, 0) is 18.4 Å². The van der Waals surface area contributed by atoms with Gasteiger partial charge in [-0.2, -0.15) is 0 Å². The Balaban J connectivity index is 2.71. The topological polar surface area (TPSA) is 97.8 Å². The summed E-state index contributed by atoms with van der Waals surface area (Å²) in [4.78, 5) is 27.3. The number of ether oxygens (including phenoxy) is 2. The van der Waals surface area contributed by atoms with E-state index in [2.05, 4.69) is 10.3 Å². The van der Waals surface area contributed by atoms with Crippen molar-refractivity contribution < 1.29 is 24.2 Å². The number of rotatable bonds is 9. The molecule has 1 heterocycles. The molecule has 0 saturated heterocycles. The molecule has 1 aromatic heterocycles. The Morgan fingerprint density at radius 3 is 2.68 bits per heavy atom. The van der Waals surface area contributed by atoms with Crippen molar-refractivity contribution in [2.45, 2.75) is 26.3 Å². The van der Waals surface area contributed by atoms with Crippen LogP contribution in [0.5, 0.6) is 5.88 Å². The van der Waals surface area contributed by atoms with Gasteiger partial charge in [-0.3, -0.25) is 4.79 Å². The van der Waals surface area contributed by atoms with Gasteiger partial charge < -0.3 is 19.9 Å². The van der Waals surface area contributed by atoms with E-state index in [1.165, 1.54) is 18.3 Å². The lowest BCUT2D eigenvalue weighted by Gasteiger charge is -2.16. The molecule has 0 aliphatic heterocycles. The fraction of sp³-hybridized carbons (Fsp3) is 0.533.